The number of amides is 2. The van der Waals surface area contributed by atoms with E-state index in [1.54, 1.807) is 19.9 Å². The third-order valence-electron chi connectivity index (χ3n) is 3.61. The van der Waals surface area contributed by atoms with Gasteiger partial charge in [-0.15, -0.1) is 0 Å². The van der Waals surface area contributed by atoms with Gasteiger partial charge in [0.1, 0.15) is 11.5 Å². The van der Waals surface area contributed by atoms with Crippen molar-refractivity contribution in [2.24, 2.45) is 0 Å². The van der Waals surface area contributed by atoms with Crippen molar-refractivity contribution in [1.82, 2.24) is 10.6 Å². The average Bonchev–Trinajstić information content (AvgIpc) is 2.91. The lowest BCUT2D eigenvalue weighted by molar-refractivity contribution is -0.121. The van der Waals surface area contributed by atoms with Crippen molar-refractivity contribution in [3.63, 3.8) is 0 Å². The summed E-state index contributed by atoms with van der Waals surface area (Å²) in [5.74, 6) is 0.451. The van der Waals surface area contributed by atoms with Gasteiger partial charge in [0.15, 0.2) is 0 Å². The highest BCUT2D eigenvalue weighted by Crippen LogP contribution is 2.13. The van der Waals surface area contributed by atoms with Crippen molar-refractivity contribution < 1.29 is 19.1 Å². The van der Waals surface area contributed by atoms with Gasteiger partial charge in [0.2, 0.25) is 5.91 Å². The van der Waals surface area contributed by atoms with Gasteiger partial charge in [-0.3, -0.25) is 9.59 Å². The molecule has 1 heterocycles. The number of aryl methyl sites for hydroxylation is 2. The standard InChI is InChI=1S/C18H22N2O4/c1-12-8-16(13(2)24-12)18(23)19-10-17(22)20-15(11-21)9-14-6-4-3-5-7-14/h3-8,15,21H,9-11H2,1-2H3,(H,19,23)(H,20,22). The second kappa shape index (κ2) is 8.31. The second-order valence-electron chi connectivity index (χ2n) is 5.65. The third-order valence-corrected chi connectivity index (χ3v) is 3.61. The van der Waals surface area contributed by atoms with Gasteiger partial charge in [0.05, 0.1) is 24.8 Å². The summed E-state index contributed by atoms with van der Waals surface area (Å²) in [6, 6.07) is 10.8. The summed E-state index contributed by atoms with van der Waals surface area (Å²) < 4.78 is 5.30. The van der Waals surface area contributed by atoms with E-state index in [2.05, 4.69) is 10.6 Å². The van der Waals surface area contributed by atoms with Crippen LogP contribution in [0.2, 0.25) is 0 Å². The van der Waals surface area contributed by atoms with Crippen molar-refractivity contribution in [1.29, 1.82) is 0 Å². The zero-order valence-electron chi connectivity index (χ0n) is 13.8. The third kappa shape index (κ3) is 4.96. The molecule has 2 aromatic rings. The van der Waals surface area contributed by atoms with E-state index in [4.69, 9.17) is 4.42 Å². The van der Waals surface area contributed by atoms with E-state index in [0.29, 0.717) is 23.5 Å². The first-order valence-electron chi connectivity index (χ1n) is 7.79. The summed E-state index contributed by atoms with van der Waals surface area (Å²) in [6.45, 7) is 3.12. The number of rotatable bonds is 7. The fraction of sp³-hybridized carbons (Fsp3) is 0.333. The van der Waals surface area contributed by atoms with E-state index in [-0.39, 0.29) is 25.0 Å². The van der Waals surface area contributed by atoms with Crippen LogP contribution in [-0.4, -0.2) is 36.1 Å². The van der Waals surface area contributed by atoms with E-state index >= 15 is 0 Å². The Morgan fingerprint density at radius 3 is 2.50 bits per heavy atom. The van der Waals surface area contributed by atoms with Gasteiger partial charge < -0.3 is 20.2 Å². The van der Waals surface area contributed by atoms with Crippen LogP contribution in [0, 0.1) is 13.8 Å². The van der Waals surface area contributed by atoms with E-state index in [9.17, 15) is 14.7 Å². The lowest BCUT2D eigenvalue weighted by Gasteiger charge is -2.16. The summed E-state index contributed by atoms with van der Waals surface area (Å²) >= 11 is 0. The minimum Gasteiger partial charge on any atom is -0.466 e. The monoisotopic (exact) mass is 330 g/mol. The van der Waals surface area contributed by atoms with E-state index in [1.807, 2.05) is 30.3 Å². The van der Waals surface area contributed by atoms with E-state index in [1.165, 1.54) is 0 Å². The van der Waals surface area contributed by atoms with Crippen molar-refractivity contribution in [2.45, 2.75) is 26.3 Å². The molecule has 0 radical (unpaired) electrons. The Morgan fingerprint density at radius 1 is 1.21 bits per heavy atom. The number of hydrogen-bond donors (Lipinski definition) is 3. The van der Waals surface area contributed by atoms with Gasteiger partial charge in [-0.1, -0.05) is 30.3 Å². The topological polar surface area (TPSA) is 91.6 Å². The molecule has 0 bridgehead atoms. The Labute approximate surface area is 140 Å². The van der Waals surface area contributed by atoms with Gasteiger partial charge >= 0.3 is 0 Å². The molecule has 2 rings (SSSR count). The lowest BCUT2D eigenvalue weighted by Crippen LogP contribution is -2.44. The molecule has 24 heavy (non-hydrogen) atoms. The van der Waals surface area contributed by atoms with Gasteiger partial charge in [-0.25, -0.2) is 0 Å². The minimum atomic E-state index is -0.394. The van der Waals surface area contributed by atoms with Crippen LogP contribution in [-0.2, 0) is 11.2 Å². The minimum absolute atomic E-state index is 0.159. The first kappa shape index (κ1) is 17.7. The van der Waals surface area contributed by atoms with Crippen molar-refractivity contribution >= 4 is 11.8 Å². The van der Waals surface area contributed by atoms with Crippen molar-refractivity contribution in [3.05, 3.63) is 59.0 Å². The zero-order valence-corrected chi connectivity index (χ0v) is 13.8. The van der Waals surface area contributed by atoms with Crippen LogP contribution < -0.4 is 10.6 Å². The first-order chi connectivity index (χ1) is 11.5. The number of furan rings is 1. The van der Waals surface area contributed by atoms with Crippen LogP contribution in [0.15, 0.2) is 40.8 Å². The number of hydrogen-bond acceptors (Lipinski definition) is 4. The molecule has 1 atom stereocenters. The van der Waals surface area contributed by atoms with Crippen LogP contribution in [0.25, 0.3) is 0 Å². The molecule has 0 saturated carbocycles. The maximum atomic E-state index is 12.0. The van der Waals surface area contributed by atoms with Crippen LogP contribution >= 0.6 is 0 Å². The number of aliphatic hydroxyl groups is 1. The van der Waals surface area contributed by atoms with Crippen molar-refractivity contribution in [3.8, 4) is 0 Å². The predicted octanol–water partition coefficient (Wildman–Crippen LogP) is 1.35. The number of carbonyl (C=O) groups is 2. The molecule has 0 saturated heterocycles. The SMILES string of the molecule is Cc1cc(C(=O)NCC(=O)NC(CO)Cc2ccccc2)c(C)o1. The highest BCUT2D eigenvalue weighted by atomic mass is 16.3. The fourth-order valence-corrected chi connectivity index (χ4v) is 2.45. The molecule has 3 N–H and O–H groups in total. The molecule has 0 spiro atoms. The molecule has 128 valence electrons. The smallest absolute Gasteiger partial charge is 0.255 e. The summed E-state index contributed by atoms with van der Waals surface area (Å²) in [5, 5.41) is 14.7. The largest absolute Gasteiger partial charge is 0.466 e. The van der Waals surface area contributed by atoms with Crippen LogP contribution in [0.3, 0.4) is 0 Å². The zero-order chi connectivity index (χ0) is 17.5. The molecule has 0 aliphatic heterocycles. The highest BCUT2D eigenvalue weighted by Gasteiger charge is 2.16. The van der Waals surface area contributed by atoms with Crippen molar-refractivity contribution in [2.75, 3.05) is 13.2 Å². The van der Waals surface area contributed by atoms with Crippen LogP contribution in [0.1, 0.15) is 27.4 Å². The van der Waals surface area contributed by atoms with Crippen LogP contribution in [0.5, 0.6) is 0 Å². The molecule has 6 heteroatoms. The number of benzene rings is 1. The Kier molecular flexibility index (Phi) is 6.14. The van der Waals surface area contributed by atoms with Gasteiger partial charge in [0.25, 0.3) is 5.91 Å². The van der Waals surface area contributed by atoms with E-state index in [0.717, 1.165) is 5.56 Å². The second-order valence-corrected chi connectivity index (χ2v) is 5.65. The average molecular weight is 330 g/mol. The lowest BCUT2D eigenvalue weighted by atomic mass is 10.1. The Hall–Kier alpha value is -2.60. The number of carbonyl (C=O) groups excluding carboxylic acids is 2. The highest BCUT2D eigenvalue weighted by molar-refractivity contribution is 5.97. The molecule has 1 unspecified atom stereocenters. The summed E-state index contributed by atoms with van der Waals surface area (Å²) in [5.41, 5.74) is 1.44. The molecular weight excluding hydrogens is 308 g/mol. The maximum absolute atomic E-state index is 12.0. The normalized spacial score (nSPS) is 11.8. The number of nitrogens with one attached hydrogen (secondary N) is 2. The molecule has 1 aromatic heterocycles. The maximum Gasteiger partial charge on any atom is 0.255 e. The molecule has 6 nitrogen and oxygen atoms in total. The predicted molar refractivity (Wildman–Crippen MR) is 89.7 cm³/mol. The molecular formula is C18H22N2O4. The quantitative estimate of drug-likeness (QED) is 0.714. The van der Waals surface area contributed by atoms with Crippen LogP contribution in [0.4, 0.5) is 0 Å². The summed E-state index contributed by atoms with van der Waals surface area (Å²) in [7, 11) is 0. The first-order valence-corrected chi connectivity index (χ1v) is 7.79. The Balaban J connectivity index is 1.83. The van der Waals surface area contributed by atoms with Gasteiger partial charge in [-0.2, -0.15) is 0 Å². The number of aliphatic hydroxyl groups excluding tert-OH is 1. The van der Waals surface area contributed by atoms with Gasteiger partial charge in [0, 0.05) is 0 Å². The summed E-state index contributed by atoms with van der Waals surface area (Å²) in [4.78, 5) is 24.0. The Morgan fingerprint density at radius 2 is 1.92 bits per heavy atom. The Bertz CT molecular complexity index is 694. The molecule has 2 amide bonds. The fourth-order valence-electron chi connectivity index (χ4n) is 2.45. The molecule has 0 aliphatic rings. The molecule has 0 aliphatic carbocycles. The van der Waals surface area contributed by atoms with E-state index < -0.39 is 6.04 Å². The molecule has 1 aromatic carbocycles. The summed E-state index contributed by atoms with van der Waals surface area (Å²) in [6.07, 6.45) is 0.525. The molecule has 0 fully saturated rings. The van der Waals surface area contributed by atoms with Gasteiger partial charge in [-0.05, 0) is 31.9 Å².